The van der Waals surface area contributed by atoms with Gasteiger partial charge in [0.15, 0.2) is 0 Å². The minimum Gasteiger partial charge on any atom is -0.491 e. The summed E-state index contributed by atoms with van der Waals surface area (Å²) in [5.41, 5.74) is 2.64. The molecule has 1 aliphatic carbocycles. The first-order chi connectivity index (χ1) is 19.1. The van der Waals surface area contributed by atoms with Gasteiger partial charge in [0.1, 0.15) is 18.5 Å². The third-order valence-electron chi connectivity index (χ3n) is 8.87. The first-order valence-electron chi connectivity index (χ1n) is 14.6. The highest BCUT2D eigenvalue weighted by Crippen LogP contribution is 2.34. The van der Waals surface area contributed by atoms with Crippen molar-refractivity contribution in [2.75, 3.05) is 32.8 Å². The fourth-order valence-corrected chi connectivity index (χ4v) is 6.67. The van der Waals surface area contributed by atoms with Crippen molar-refractivity contribution in [2.24, 2.45) is 5.92 Å². The standard InChI is InChI=1S/C33H38N2O4/c36-27(22-39-28-14-12-25(13-15-28)24-6-2-1-3-7-24)21-34-18-16-23(17-19-34)20-35-32(37)29-10-4-8-26-9-5-11-30(31(26)29)33(35)38/h4-5,8-15,23-24,27,36H,1-3,6-7,16-22H2. The van der Waals surface area contributed by atoms with Gasteiger partial charge in [-0.25, -0.2) is 0 Å². The number of imide groups is 1. The number of ether oxygens (including phenoxy) is 1. The van der Waals surface area contributed by atoms with Crippen molar-refractivity contribution in [1.29, 1.82) is 0 Å². The van der Waals surface area contributed by atoms with Crippen molar-refractivity contribution in [3.63, 3.8) is 0 Å². The Morgan fingerprint density at radius 3 is 2.10 bits per heavy atom. The Balaban J connectivity index is 0.968. The highest BCUT2D eigenvalue weighted by Gasteiger charge is 2.35. The van der Waals surface area contributed by atoms with Crippen LogP contribution in [-0.2, 0) is 0 Å². The number of carbonyl (C=O) groups is 2. The predicted molar refractivity (Wildman–Crippen MR) is 152 cm³/mol. The van der Waals surface area contributed by atoms with Crippen molar-refractivity contribution < 1.29 is 19.4 Å². The number of nitrogens with zero attached hydrogens (tertiary/aromatic N) is 2. The molecule has 39 heavy (non-hydrogen) atoms. The van der Waals surface area contributed by atoms with Crippen LogP contribution in [0.25, 0.3) is 10.8 Å². The lowest BCUT2D eigenvalue weighted by atomic mass is 9.84. The zero-order chi connectivity index (χ0) is 26.8. The van der Waals surface area contributed by atoms with Gasteiger partial charge < -0.3 is 14.7 Å². The fourth-order valence-electron chi connectivity index (χ4n) is 6.67. The van der Waals surface area contributed by atoms with Crippen LogP contribution < -0.4 is 4.74 Å². The van der Waals surface area contributed by atoms with E-state index >= 15 is 0 Å². The lowest BCUT2D eigenvalue weighted by Crippen LogP contribution is -2.46. The second-order valence-corrected chi connectivity index (χ2v) is 11.5. The zero-order valence-corrected chi connectivity index (χ0v) is 22.6. The van der Waals surface area contributed by atoms with Crippen LogP contribution in [0.4, 0.5) is 0 Å². The summed E-state index contributed by atoms with van der Waals surface area (Å²) in [5.74, 6) is 1.37. The lowest BCUT2D eigenvalue weighted by molar-refractivity contribution is 0.0453. The van der Waals surface area contributed by atoms with E-state index in [9.17, 15) is 14.7 Å². The van der Waals surface area contributed by atoms with Gasteiger partial charge in [-0.3, -0.25) is 14.5 Å². The van der Waals surface area contributed by atoms with Crippen molar-refractivity contribution in [3.8, 4) is 5.75 Å². The molecule has 6 nitrogen and oxygen atoms in total. The molecule has 1 atom stereocenters. The molecule has 1 N–H and O–H groups in total. The molecular formula is C33H38N2O4. The Kier molecular flexibility index (Phi) is 7.67. The number of benzene rings is 3. The summed E-state index contributed by atoms with van der Waals surface area (Å²) < 4.78 is 5.89. The molecule has 1 unspecified atom stereocenters. The summed E-state index contributed by atoms with van der Waals surface area (Å²) in [4.78, 5) is 30.2. The number of rotatable bonds is 8. The van der Waals surface area contributed by atoms with E-state index < -0.39 is 6.10 Å². The van der Waals surface area contributed by atoms with E-state index in [1.165, 1.54) is 42.6 Å². The van der Waals surface area contributed by atoms with Crippen molar-refractivity contribution in [2.45, 2.75) is 57.0 Å². The second-order valence-electron chi connectivity index (χ2n) is 11.5. The number of carbonyl (C=O) groups excluding carboxylic acids is 2. The van der Waals surface area contributed by atoms with E-state index in [0.717, 1.165) is 42.5 Å². The Bertz CT molecular complexity index is 1270. The van der Waals surface area contributed by atoms with Gasteiger partial charge in [-0.2, -0.15) is 0 Å². The number of aliphatic hydroxyl groups is 1. The molecule has 2 aliphatic heterocycles. The number of amides is 2. The van der Waals surface area contributed by atoms with Gasteiger partial charge in [0.25, 0.3) is 11.8 Å². The van der Waals surface area contributed by atoms with Crippen LogP contribution in [-0.4, -0.2) is 65.6 Å². The van der Waals surface area contributed by atoms with E-state index in [4.69, 9.17) is 4.74 Å². The number of aliphatic hydroxyl groups excluding tert-OH is 1. The Morgan fingerprint density at radius 1 is 0.821 bits per heavy atom. The molecule has 3 aromatic carbocycles. The predicted octanol–water partition coefficient (Wildman–Crippen LogP) is 5.64. The van der Waals surface area contributed by atoms with Gasteiger partial charge >= 0.3 is 0 Å². The van der Waals surface area contributed by atoms with E-state index in [-0.39, 0.29) is 24.3 Å². The zero-order valence-electron chi connectivity index (χ0n) is 22.6. The Morgan fingerprint density at radius 2 is 1.46 bits per heavy atom. The second kappa shape index (κ2) is 11.5. The largest absolute Gasteiger partial charge is 0.491 e. The quantitative estimate of drug-likeness (QED) is 0.385. The number of β-amino-alcohol motifs (C(OH)–C–C–N with tert-alkyl or cyclic N) is 1. The van der Waals surface area contributed by atoms with Crippen LogP contribution >= 0.6 is 0 Å². The van der Waals surface area contributed by atoms with E-state index in [1.807, 2.05) is 48.5 Å². The van der Waals surface area contributed by atoms with Gasteiger partial charge in [0.05, 0.1) is 0 Å². The molecule has 204 valence electrons. The maximum Gasteiger partial charge on any atom is 0.261 e. The molecule has 0 bridgehead atoms. The summed E-state index contributed by atoms with van der Waals surface area (Å²) >= 11 is 0. The summed E-state index contributed by atoms with van der Waals surface area (Å²) in [6.45, 7) is 2.94. The number of hydrogen-bond donors (Lipinski definition) is 1. The Labute approximate surface area is 230 Å². The minimum atomic E-state index is -0.568. The van der Waals surface area contributed by atoms with Gasteiger partial charge in [-0.05, 0) is 85.8 Å². The van der Waals surface area contributed by atoms with Crippen LogP contribution in [0.5, 0.6) is 5.75 Å². The van der Waals surface area contributed by atoms with Crippen LogP contribution in [0.15, 0.2) is 60.7 Å². The normalized spacial score (nSPS) is 20.0. The molecule has 0 radical (unpaired) electrons. The molecule has 1 saturated carbocycles. The average Bonchev–Trinajstić information content (AvgIpc) is 2.98. The fraction of sp³-hybridized carbons (Fsp3) is 0.455. The van der Waals surface area contributed by atoms with E-state index in [1.54, 1.807) is 0 Å². The molecule has 1 saturated heterocycles. The number of hydrogen-bond acceptors (Lipinski definition) is 5. The third-order valence-corrected chi connectivity index (χ3v) is 8.87. The van der Waals surface area contributed by atoms with Gasteiger partial charge in [-0.1, -0.05) is 55.7 Å². The summed E-state index contributed by atoms with van der Waals surface area (Å²) in [6, 6.07) is 19.7. The van der Waals surface area contributed by atoms with Crippen LogP contribution in [0.1, 0.15) is 77.1 Å². The molecule has 3 aliphatic rings. The molecule has 6 heteroatoms. The molecule has 3 aromatic rings. The summed E-state index contributed by atoms with van der Waals surface area (Å²) in [7, 11) is 0. The smallest absolute Gasteiger partial charge is 0.261 e. The number of likely N-dealkylation sites (tertiary alicyclic amines) is 1. The molecule has 2 amide bonds. The van der Waals surface area contributed by atoms with Crippen LogP contribution in [0.3, 0.4) is 0 Å². The summed E-state index contributed by atoms with van der Waals surface area (Å²) in [5, 5.41) is 12.3. The highest BCUT2D eigenvalue weighted by atomic mass is 16.5. The minimum absolute atomic E-state index is 0.189. The molecule has 2 heterocycles. The van der Waals surface area contributed by atoms with Gasteiger partial charge in [0, 0.05) is 29.6 Å². The first kappa shape index (κ1) is 26.0. The maximum atomic E-state index is 13.2. The highest BCUT2D eigenvalue weighted by molar-refractivity contribution is 6.25. The van der Waals surface area contributed by atoms with Crippen molar-refractivity contribution in [1.82, 2.24) is 9.80 Å². The first-order valence-corrected chi connectivity index (χ1v) is 14.6. The Hall–Kier alpha value is -3.22. The van der Waals surface area contributed by atoms with Crippen LogP contribution in [0, 0.1) is 5.92 Å². The van der Waals surface area contributed by atoms with Crippen molar-refractivity contribution >= 4 is 22.6 Å². The molecule has 0 spiro atoms. The number of piperidine rings is 1. The molecular weight excluding hydrogens is 488 g/mol. The van der Waals surface area contributed by atoms with Gasteiger partial charge in [-0.15, -0.1) is 0 Å². The van der Waals surface area contributed by atoms with Crippen LogP contribution in [0.2, 0.25) is 0 Å². The monoisotopic (exact) mass is 526 g/mol. The molecule has 6 rings (SSSR count). The average molecular weight is 527 g/mol. The molecule has 0 aromatic heterocycles. The SMILES string of the molecule is O=C1c2cccc3cccc(c23)C(=O)N1CC1CCN(CC(O)COc2ccc(C3CCCCC3)cc2)CC1. The lowest BCUT2D eigenvalue weighted by Gasteiger charge is -2.36. The third kappa shape index (κ3) is 5.59. The summed E-state index contributed by atoms with van der Waals surface area (Å²) in [6.07, 6.45) is 7.78. The van der Waals surface area contributed by atoms with E-state index in [0.29, 0.717) is 30.1 Å². The topological polar surface area (TPSA) is 70.1 Å². The van der Waals surface area contributed by atoms with Crippen molar-refractivity contribution in [3.05, 3.63) is 77.4 Å². The maximum absolute atomic E-state index is 13.2. The van der Waals surface area contributed by atoms with Gasteiger partial charge in [0.2, 0.25) is 0 Å². The van der Waals surface area contributed by atoms with E-state index in [2.05, 4.69) is 17.0 Å². The molecule has 2 fully saturated rings.